The molecule has 0 unspecified atom stereocenters. The number of benzene rings is 9. The molecule has 0 aliphatic heterocycles. The van der Waals surface area contributed by atoms with E-state index < -0.39 is 0 Å². The Hall–Kier alpha value is -9.02. The first-order valence-electron chi connectivity index (χ1n) is 20.3. The van der Waals surface area contributed by atoms with Crippen molar-refractivity contribution in [1.82, 2.24) is 0 Å². The molecule has 10 nitrogen and oxygen atoms in total. The van der Waals surface area contributed by atoms with Crippen LogP contribution >= 0.6 is 0 Å². The van der Waals surface area contributed by atoms with Crippen molar-refractivity contribution in [2.24, 2.45) is 0 Å². The molecule has 9 aromatic rings. The van der Waals surface area contributed by atoms with Crippen LogP contribution in [0.3, 0.4) is 0 Å². The number of ether oxygens (including phenoxy) is 8. The van der Waals surface area contributed by atoms with Gasteiger partial charge in [-0.15, -0.1) is 0 Å². The molecule has 64 heavy (non-hydrogen) atoms. The molecular weight excluding hydrogens is 805 g/mol. The third kappa shape index (κ3) is 10.3. The average molecular weight is 845 g/mol. The molecule has 0 spiro atoms. The van der Waals surface area contributed by atoms with Crippen molar-refractivity contribution in [2.75, 3.05) is 11.5 Å². The van der Waals surface area contributed by atoms with E-state index in [4.69, 9.17) is 49.4 Å². The lowest BCUT2D eigenvalue weighted by Crippen LogP contribution is -1.95. The molecule has 4 N–H and O–H groups in total. The third-order valence-corrected chi connectivity index (χ3v) is 9.43. The molecular formula is C54H40N2O8. The van der Waals surface area contributed by atoms with Crippen LogP contribution in [0.5, 0.6) is 92.0 Å². The number of hydrogen-bond acceptors (Lipinski definition) is 10. The number of nitrogens with two attached hydrogens (primary N) is 2. The molecule has 10 heteroatoms. The summed E-state index contributed by atoms with van der Waals surface area (Å²) in [5, 5.41) is 0. The Balaban J connectivity index is 0.868. The van der Waals surface area contributed by atoms with E-state index in [-0.39, 0.29) is 0 Å². The molecule has 0 bridgehead atoms. The smallest absolute Gasteiger partial charge is 0.170 e. The highest BCUT2D eigenvalue weighted by atomic mass is 16.6. The van der Waals surface area contributed by atoms with Gasteiger partial charge < -0.3 is 49.4 Å². The maximum absolute atomic E-state index is 6.48. The predicted molar refractivity (Wildman–Crippen MR) is 247 cm³/mol. The normalized spacial score (nSPS) is 10.6. The maximum Gasteiger partial charge on any atom is 0.170 e. The predicted octanol–water partition coefficient (Wildman–Crippen LogP) is 15.2. The zero-order valence-electron chi connectivity index (χ0n) is 34.2. The molecule has 9 rings (SSSR count). The Morgan fingerprint density at radius 1 is 0.188 bits per heavy atom. The summed E-state index contributed by atoms with van der Waals surface area (Å²) in [5.41, 5.74) is 13.2. The van der Waals surface area contributed by atoms with Gasteiger partial charge in [-0.1, -0.05) is 84.9 Å². The van der Waals surface area contributed by atoms with Gasteiger partial charge >= 0.3 is 0 Å². The minimum Gasteiger partial charge on any atom is -0.457 e. The monoisotopic (exact) mass is 844 g/mol. The SMILES string of the molecule is Nc1ccccc1Oc1cccc(Oc2cccc(Oc3ccccc3Oc3ccccc3Oc3ccccc3Oc3cccc(Oc4cccc(Oc5ccccc5N)c4)c3)c2)c1. The largest absolute Gasteiger partial charge is 0.457 e. The number of para-hydroxylation sites is 10. The Morgan fingerprint density at radius 3 is 0.656 bits per heavy atom. The van der Waals surface area contributed by atoms with Gasteiger partial charge in [0.2, 0.25) is 0 Å². The second kappa shape index (κ2) is 19.1. The van der Waals surface area contributed by atoms with Crippen LogP contribution in [0.2, 0.25) is 0 Å². The summed E-state index contributed by atoms with van der Waals surface area (Å²) in [6.07, 6.45) is 0. The summed E-state index contributed by atoms with van der Waals surface area (Å²) in [5.74, 6) is 8.51. The second-order valence-corrected chi connectivity index (χ2v) is 14.1. The fourth-order valence-electron chi connectivity index (χ4n) is 6.43. The van der Waals surface area contributed by atoms with E-state index >= 15 is 0 Å². The lowest BCUT2D eigenvalue weighted by Gasteiger charge is -2.17. The van der Waals surface area contributed by atoms with E-state index in [0.717, 1.165) is 0 Å². The minimum atomic E-state index is 0.460. The fourth-order valence-corrected chi connectivity index (χ4v) is 6.43. The van der Waals surface area contributed by atoms with Crippen LogP contribution in [0.4, 0.5) is 11.4 Å². The summed E-state index contributed by atoms with van der Waals surface area (Å²) in [4.78, 5) is 0. The lowest BCUT2D eigenvalue weighted by molar-refractivity contribution is 0.381. The van der Waals surface area contributed by atoms with E-state index in [1.807, 2.05) is 182 Å². The highest BCUT2D eigenvalue weighted by Crippen LogP contribution is 2.43. The number of anilines is 2. The van der Waals surface area contributed by atoms with Crippen LogP contribution in [0, 0.1) is 0 Å². The van der Waals surface area contributed by atoms with E-state index in [1.165, 1.54) is 0 Å². The van der Waals surface area contributed by atoms with E-state index in [2.05, 4.69) is 0 Å². The zero-order chi connectivity index (χ0) is 43.5. The van der Waals surface area contributed by atoms with Crippen molar-refractivity contribution < 1.29 is 37.9 Å². The molecule has 0 fully saturated rings. The fraction of sp³-hybridized carbons (Fsp3) is 0. The van der Waals surface area contributed by atoms with Crippen LogP contribution in [-0.2, 0) is 0 Å². The Bertz CT molecular complexity index is 2820. The molecule has 0 heterocycles. The highest BCUT2D eigenvalue weighted by Gasteiger charge is 2.15. The number of hydrogen-bond donors (Lipinski definition) is 2. The Morgan fingerprint density at radius 2 is 0.391 bits per heavy atom. The quantitative estimate of drug-likeness (QED) is 0.0908. The summed E-state index contributed by atoms with van der Waals surface area (Å²) in [7, 11) is 0. The topological polar surface area (TPSA) is 126 Å². The van der Waals surface area contributed by atoms with Crippen LogP contribution in [0.25, 0.3) is 0 Å². The van der Waals surface area contributed by atoms with Crippen molar-refractivity contribution >= 4 is 11.4 Å². The molecule has 314 valence electrons. The van der Waals surface area contributed by atoms with Crippen LogP contribution < -0.4 is 49.4 Å². The Kier molecular flexibility index (Phi) is 12.1. The van der Waals surface area contributed by atoms with Gasteiger partial charge in [0.1, 0.15) is 57.5 Å². The summed E-state index contributed by atoms with van der Waals surface area (Å²) in [6, 6.07) is 66.2. The van der Waals surface area contributed by atoms with Gasteiger partial charge in [-0.05, 0) is 109 Å². The van der Waals surface area contributed by atoms with E-state index in [0.29, 0.717) is 103 Å². The minimum absolute atomic E-state index is 0.460. The highest BCUT2D eigenvalue weighted by molar-refractivity contribution is 5.56. The third-order valence-electron chi connectivity index (χ3n) is 9.43. The molecule has 0 atom stereocenters. The molecule has 9 aromatic carbocycles. The van der Waals surface area contributed by atoms with E-state index in [9.17, 15) is 0 Å². The van der Waals surface area contributed by atoms with Gasteiger partial charge in [0.25, 0.3) is 0 Å². The molecule has 0 aliphatic carbocycles. The van der Waals surface area contributed by atoms with Crippen LogP contribution in [0.15, 0.2) is 218 Å². The first-order chi connectivity index (χ1) is 31.5. The lowest BCUT2D eigenvalue weighted by atomic mass is 10.2. The van der Waals surface area contributed by atoms with Gasteiger partial charge in [-0.3, -0.25) is 0 Å². The van der Waals surface area contributed by atoms with Crippen molar-refractivity contribution in [3.63, 3.8) is 0 Å². The summed E-state index contributed by atoms with van der Waals surface area (Å²) in [6.45, 7) is 0. The van der Waals surface area contributed by atoms with Gasteiger partial charge in [0, 0.05) is 24.3 Å². The van der Waals surface area contributed by atoms with Crippen molar-refractivity contribution in [3.8, 4) is 92.0 Å². The number of rotatable bonds is 16. The Labute approximate surface area is 369 Å². The first-order valence-corrected chi connectivity index (χ1v) is 20.3. The van der Waals surface area contributed by atoms with Crippen molar-refractivity contribution in [3.05, 3.63) is 218 Å². The summed E-state index contributed by atoms with van der Waals surface area (Å²) >= 11 is 0. The van der Waals surface area contributed by atoms with Gasteiger partial charge in [0.05, 0.1) is 11.4 Å². The molecule has 0 saturated heterocycles. The summed E-state index contributed by atoms with van der Waals surface area (Å²) < 4.78 is 50.1. The average Bonchev–Trinajstić information content (AvgIpc) is 3.30. The zero-order valence-corrected chi connectivity index (χ0v) is 34.2. The molecule has 0 aliphatic rings. The standard InChI is InChI=1S/C54H40N2O8/c55-45-23-1-3-25-47(45)59-41-19-11-15-37(33-41)57-39-17-13-21-43(35-39)61-49-27-5-7-29-51(49)63-53-31-9-10-32-54(53)64-52-30-8-6-28-50(52)62-44-22-14-18-40(36-44)58-38-16-12-20-42(34-38)60-48-26-4-2-24-46(48)56/h1-36H,55-56H2. The van der Waals surface area contributed by atoms with Crippen molar-refractivity contribution in [1.29, 1.82) is 0 Å². The second-order valence-electron chi connectivity index (χ2n) is 14.1. The van der Waals surface area contributed by atoms with E-state index in [1.54, 1.807) is 36.4 Å². The molecule has 0 amide bonds. The van der Waals surface area contributed by atoms with Crippen molar-refractivity contribution in [2.45, 2.75) is 0 Å². The molecule has 0 aromatic heterocycles. The van der Waals surface area contributed by atoms with Crippen LogP contribution in [-0.4, -0.2) is 0 Å². The maximum atomic E-state index is 6.48. The number of nitrogen functional groups attached to an aromatic ring is 2. The molecule has 0 radical (unpaired) electrons. The van der Waals surface area contributed by atoms with Gasteiger partial charge in [0.15, 0.2) is 34.5 Å². The van der Waals surface area contributed by atoms with Crippen LogP contribution in [0.1, 0.15) is 0 Å². The molecule has 0 saturated carbocycles. The van der Waals surface area contributed by atoms with Gasteiger partial charge in [-0.25, -0.2) is 0 Å². The van der Waals surface area contributed by atoms with Gasteiger partial charge in [-0.2, -0.15) is 0 Å². The first kappa shape index (κ1) is 40.4.